The van der Waals surface area contributed by atoms with Crippen LogP contribution in [0.5, 0.6) is 0 Å². The highest BCUT2D eigenvalue weighted by Gasteiger charge is 2.16. The summed E-state index contributed by atoms with van der Waals surface area (Å²) >= 11 is 1.53. The van der Waals surface area contributed by atoms with Crippen LogP contribution >= 0.6 is 11.3 Å². The third-order valence-electron chi connectivity index (χ3n) is 4.74. The Labute approximate surface area is 174 Å². The number of thiophene rings is 1. The van der Waals surface area contributed by atoms with Gasteiger partial charge in [0.1, 0.15) is 10.7 Å². The second-order valence-electron chi connectivity index (χ2n) is 7.11. The average Bonchev–Trinajstić information content (AvgIpc) is 2.97. The van der Waals surface area contributed by atoms with Crippen LogP contribution in [0, 0.1) is 13.8 Å². The van der Waals surface area contributed by atoms with Crippen LogP contribution in [0.4, 0.5) is 0 Å². The number of nitrogens with one attached hydrogen (secondary N) is 1. The molecule has 0 aliphatic heterocycles. The maximum absolute atomic E-state index is 12.5. The number of aromatic nitrogens is 2. The van der Waals surface area contributed by atoms with Crippen LogP contribution < -0.4 is 5.56 Å². The number of aliphatic hydroxyl groups excluding tert-OH is 1. The van der Waals surface area contributed by atoms with Gasteiger partial charge in [-0.25, -0.2) is 4.98 Å². The summed E-state index contributed by atoms with van der Waals surface area (Å²) in [6, 6.07) is 9.86. The lowest BCUT2D eigenvalue weighted by Gasteiger charge is -2.23. The average molecular weight is 414 g/mol. The lowest BCUT2D eigenvalue weighted by molar-refractivity contribution is 0.0101. The Morgan fingerprint density at radius 1 is 1.34 bits per heavy atom. The lowest BCUT2D eigenvalue weighted by Crippen LogP contribution is -2.35. The molecule has 6 nitrogen and oxygen atoms in total. The summed E-state index contributed by atoms with van der Waals surface area (Å²) in [7, 11) is 0. The minimum absolute atomic E-state index is 0.114. The van der Waals surface area contributed by atoms with Gasteiger partial charge in [-0.15, -0.1) is 17.9 Å². The van der Waals surface area contributed by atoms with Crippen molar-refractivity contribution in [2.45, 2.75) is 33.1 Å². The molecule has 0 saturated heterocycles. The molecule has 0 fully saturated rings. The summed E-state index contributed by atoms with van der Waals surface area (Å²) in [5.74, 6) is 0.586. The molecule has 2 aromatic heterocycles. The molecule has 1 aromatic carbocycles. The fourth-order valence-electron chi connectivity index (χ4n) is 3.21. The van der Waals surface area contributed by atoms with E-state index >= 15 is 0 Å². The van der Waals surface area contributed by atoms with E-state index in [1.165, 1.54) is 11.3 Å². The largest absolute Gasteiger partial charge is 0.389 e. The molecule has 0 radical (unpaired) electrons. The summed E-state index contributed by atoms with van der Waals surface area (Å²) in [4.78, 5) is 23.8. The molecule has 7 heteroatoms. The van der Waals surface area contributed by atoms with Crippen LogP contribution in [0.25, 0.3) is 10.2 Å². The number of hydrogen-bond donors (Lipinski definition) is 2. The number of aryl methyl sites for hydroxylation is 2. The van der Waals surface area contributed by atoms with Crippen molar-refractivity contribution in [1.82, 2.24) is 14.9 Å². The molecule has 0 unspecified atom stereocenters. The maximum atomic E-state index is 12.5. The number of nitrogens with zero attached hydrogens (tertiary/aromatic N) is 2. The van der Waals surface area contributed by atoms with Crippen molar-refractivity contribution in [3.63, 3.8) is 0 Å². The number of aliphatic hydroxyl groups is 1. The highest BCUT2D eigenvalue weighted by Crippen LogP contribution is 2.25. The van der Waals surface area contributed by atoms with Crippen molar-refractivity contribution >= 4 is 21.6 Å². The van der Waals surface area contributed by atoms with Gasteiger partial charge in [0, 0.05) is 18.0 Å². The monoisotopic (exact) mass is 413 g/mol. The minimum atomic E-state index is -0.652. The highest BCUT2D eigenvalue weighted by atomic mass is 32.1. The Hall–Kier alpha value is -2.32. The third-order valence-corrected chi connectivity index (χ3v) is 5.84. The normalized spacial score (nSPS) is 12.6. The van der Waals surface area contributed by atoms with Crippen molar-refractivity contribution in [3.05, 3.63) is 75.2 Å². The Balaban J connectivity index is 1.61. The zero-order valence-electron chi connectivity index (χ0n) is 16.9. The van der Waals surface area contributed by atoms with E-state index in [2.05, 4.69) is 16.5 Å². The number of benzene rings is 1. The quantitative estimate of drug-likeness (QED) is 0.499. The molecule has 154 valence electrons. The van der Waals surface area contributed by atoms with Crippen LogP contribution in [0.2, 0.25) is 0 Å². The van der Waals surface area contributed by atoms with Crippen molar-refractivity contribution < 1.29 is 9.84 Å². The number of H-pyrrole nitrogens is 1. The fraction of sp³-hybridized carbons (Fsp3) is 0.364. The van der Waals surface area contributed by atoms with Crippen molar-refractivity contribution in [2.75, 3.05) is 19.7 Å². The molecule has 3 rings (SSSR count). The smallest absolute Gasteiger partial charge is 0.259 e. The van der Waals surface area contributed by atoms with Crippen LogP contribution in [0.1, 0.15) is 21.8 Å². The second-order valence-corrected chi connectivity index (χ2v) is 8.32. The van der Waals surface area contributed by atoms with Gasteiger partial charge >= 0.3 is 0 Å². The number of fused-ring (bicyclic) bond motifs is 1. The lowest BCUT2D eigenvalue weighted by atomic mass is 10.2. The van der Waals surface area contributed by atoms with Crippen molar-refractivity contribution in [2.24, 2.45) is 0 Å². The van der Waals surface area contributed by atoms with E-state index in [0.717, 1.165) is 20.8 Å². The van der Waals surface area contributed by atoms with E-state index in [4.69, 9.17) is 4.74 Å². The zero-order valence-corrected chi connectivity index (χ0v) is 17.7. The summed E-state index contributed by atoms with van der Waals surface area (Å²) in [6.45, 7) is 9.80. The summed E-state index contributed by atoms with van der Waals surface area (Å²) in [5, 5.41) is 11.0. The van der Waals surface area contributed by atoms with E-state index in [1.54, 1.807) is 6.08 Å². The number of rotatable bonds is 10. The van der Waals surface area contributed by atoms with Crippen LogP contribution in [0.15, 0.2) is 47.8 Å². The molecular weight excluding hydrogens is 386 g/mol. The van der Waals surface area contributed by atoms with E-state index in [9.17, 15) is 9.90 Å². The first-order valence-electron chi connectivity index (χ1n) is 9.59. The molecular formula is C22H27N3O3S. The van der Waals surface area contributed by atoms with E-state index < -0.39 is 6.10 Å². The van der Waals surface area contributed by atoms with Gasteiger partial charge in [0.15, 0.2) is 0 Å². The minimum Gasteiger partial charge on any atom is -0.389 e. The first-order chi connectivity index (χ1) is 14.0. The summed E-state index contributed by atoms with van der Waals surface area (Å²) in [6.07, 6.45) is 1.12. The molecule has 29 heavy (non-hydrogen) atoms. The second kappa shape index (κ2) is 9.93. The number of aromatic amines is 1. The van der Waals surface area contributed by atoms with E-state index in [-0.39, 0.29) is 12.2 Å². The molecule has 2 heterocycles. The van der Waals surface area contributed by atoms with Gasteiger partial charge in [-0.05, 0) is 25.0 Å². The van der Waals surface area contributed by atoms with Gasteiger partial charge < -0.3 is 14.8 Å². The van der Waals surface area contributed by atoms with Crippen LogP contribution in [-0.2, 0) is 17.9 Å². The molecule has 0 aliphatic carbocycles. The molecule has 0 saturated carbocycles. The molecule has 1 atom stereocenters. The molecule has 3 aromatic rings. The van der Waals surface area contributed by atoms with Gasteiger partial charge in [-0.3, -0.25) is 9.69 Å². The Bertz CT molecular complexity index is 1010. The Morgan fingerprint density at radius 3 is 2.83 bits per heavy atom. The van der Waals surface area contributed by atoms with Gasteiger partial charge in [0.2, 0.25) is 0 Å². The molecule has 2 N–H and O–H groups in total. The number of ether oxygens (including phenoxy) is 1. The Kier molecular flexibility index (Phi) is 7.33. The molecule has 0 aliphatic rings. The molecule has 0 bridgehead atoms. The van der Waals surface area contributed by atoms with E-state index in [1.807, 2.05) is 49.1 Å². The van der Waals surface area contributed by atoms with Crippen LogP contribution in [-0.4, -0.2) is 45.8 Å². The molecule has 0 spiro atoms. The first-order valence-corrected chi connectivity index (χ1v) is 10.4. The third kappa shape index (κ3) is 5.61. The topological polar surface area (TPSA) is 78.5 Å². The van der Waals surface area contributed by atoms with Gasteiger partial charge in [-0.2, -0.15) is 0 Å². The van der Waals surface area contributed by atoms with Gasteiger partial charge in [0.25, 0.3) is 5.56 Å². The fourth-order valence-corrected chi connectivity index (χ4v) is 4.26. The predicted octanol–water partition coefficient (Wildman–Crippen LogP) is 3.17. The van der Waals surface area contributed by atoms with Crippen molar-refractivity contribution in [3.8, 4) is 0 Å². The Morgan fingerprint density at radius 2 is 2.10 bits per heavy atom. The zero-order chi connectivity index (χ0) is 20.8. The highest BCUT2D eigenvalue weighted by molar-refractivity contribution is 7.18. The number of hydrogen-bond acceptors (Lipinski definition) is 6. The predicted molar refractivity (Wildman–Crippen MR) is 117 cm³/mol. The van der Waals surface area contributed by atoms with Crippen molar-refractivity contribution in [1.29, 1.82) is 0 Å². The first kappa shape index (κ1) is 21.4. The maximum Gasteiger partial charge on any atom is 0.259 e. The van der Waals surface area contributed by atoms with Gasteiger partial charge in [-0.1, -0.05) is 36.4 Å². The SMILES string of the molecule is C=CCN(Cc1nc2sc(C)c(C)c2c(=O)[nH]1)C[C@H](O)COCc1ccccc1. The summed E-state index contributed by atoms with van der Waals surface area (Å²) < 4.78 is 5.63. The summed E-state index contributed by atoms with van der Waals surface area (Å²) in [5.41, 5.74) is 1.94. The van der Waals surface area contributed by atoms with Gasteiger partial charge in [0.05, 0.1) is 31.2 Å². The standard InChI is InChI=1S/C22H27N3O3S/c1-4-10-25(11-18(26)14-28-13-17-8-6-5-7-9-17)12-19-23-21(27)20-15(2)16(3)29-22(20)24-19/h4-9,18,26H,1,10-14H2,2-3H3,(H,23,24,27)/t18-/m0/s1. The molecule has 0 amide bonds. The van der Waals surface area contributed by atoms with E-state index in [0.29, 0.717) is 37.5 Å². The van der Waals surface area contributed by atoms with Crippen LogP contribution in [0.3, 0.4) is 0 Å².